The quantitative estimate of drug-likeness (QED) is 0.897. The van der Waals surface area contributed by atoms with Gasteiger partial charge in [-0.05, 0) is 37.5 Å². The van der Waals surface area contributed by atoms with Crippen molar-refractivity contribution in [1.29, 1.82) is 0 Å². The molecule has 2 nitrogen and oxygen atoms in total. The molecule has 3 atom stereocenters. The number of alkyl halides is 3. The van der Waals surface area contributed by atoms with Crippen LogP contribution in [0.5, 0.6) is 0 Å². The van der Waals surface area contributed by atoms with Gasteiger partial charge in [-0.1, -0.05) is 17.7 Å². The average molecular weight is 294 g/mol. The van der Waals surface area contributed by atoms with Gasteiger partial charge in [0.1, 0.15) is 0 Å². The summed E-state index contributed by atoms with van der Waals surface area (Å²) in [7, 11) is 0. The molecular weight excluding hydrogens is 279 g/mol. The molecular formula is C13H15ClF3NO. The van der Waals surface area contributed by atoms with E-state index in [9.17, 15) is 13.2 Å². The molecule has 0 bridgehead atoms. The van der Waals surface area contributed by atoms with E-state index >= 15 is 0 Å². The second-order valence-electron chi connectivity index (χ2n) is 4.83. The number of rotatable bonds is 2. The summed E-state index contributed by atoms with van der Waals surface area (Å²) in [5.74, 6) is 0. The lowest BCUT2D eigenvalue weighted by Crippen LogP contribution is -2.30. The fourth-order valence-corrected chi connectivity index (χ4v) is 2.51. The molecule has 1 heterocycles. The van der Waals surface area contributed by atoms with Gasteiger partial charge in [0.25, 0.3) is 0 Å². The van der Waals surface area contributed by atoms with Gasteiger partial charge in [-0.25, -0.2) is 0 Å². The molecule has 106 valence electrons. The van der Waals surface area contributed by atoms with Gasteiger partial charge in [0.15, 0.2) is 0 Å². The highest BCUT2D eigenvalue weighted by atomic mass is 35.5. The van der Waals surface area contributed by atoms with Gasteiger partial charge in [0.05, 0.1) is 17.8 Å². The van der Waals surface area contributed by atoms with Crippen LogP contribution in [0.1, 0.15) is 37.0 Å². The van der Waals surface area contributed by atoms with Crippen molar-refractivity contribution in [3.8, 4) is 0 Å². The zero-order valence-corrected chi connectivity index (χ0v) is 11.1. The Hall–Kier alpha value is -0.780. The molecule has 19 heavy (non-hydrogen) atoms. The van der Waals surface area contributed by atoms with Gasteiger partial charge in [-0.15, -0.1) is 0 Å². The van der Waals surface area contributed by atoms with Gasteiger partial charge in [-0.2, -0.15) is 13.2 Å². The lowest BCUT2D eigenvalue weighted by atomic mass is 9.99. The van der Waals surface area contributed by atoms with Crippen LogP contribution in [0.4, 0.5) is 13.2 Å². The largest absolute Gasteiger partial charge is 0.416 e. The molecule has 0 saturated carbocycles. The maximum absolute atomic E-state index is 13.0. The molecule has 0 aromatic heterocycles. The predicted octanol–water partition coefficient (Wildman–Crippen LogP) is 3.93. The Bertz CT molecular complexity index is 462. The minimum atomic E-state index is -4.43. The molecule has 0 amide bonds. The van der Waals surface area contributed by atoms with Crippen molar-refractivity contribution in [3.05, 3.63) is 34.3 Å². The summed E-state index contributed by atoms with van der Waals surface area (Å²) in [6, 6.07) is 3.60. The molecule has 0 aliphatic carbocycles. The highest BCUT2D eigenvalue weighted by Crippen LogP contribution is 2.41. The van der Waals surface area contributed by atoms with Crippen molar-refractivity contribution < 1.29 is 17.9 Å². The van der Waals surface area contributed by atoms with Crippen molar-refractivity contribution in [2.45, 2.75) is 44.2 Å². The van der Waals surface area contributed by atoms with E-state index in [4.69, 9.17) is 22.1 Å². The van der Waals surface area contributed by atoms with Gasteiger partial charge < -0.3 is 10.5 Å². The molecule has 1 aliphatic rings. The van der Waals surface area contributed by atoms with E-state index in [0.717, 1.165) is 6.07 Å². The van der Waals surface area contributed by atoms with E-state index in [1.807, 2.05) is 0 Å². The zero-order chi connectivity index (χ0) is 14.2. The standard InChI is InChI=1S/C13H15ClF3NO/c1-7(18)11-4-5-12(19-11)9-3-2-8(14)6-10(9)13(15,16)17/h2-3,6-7,11-12H,4-5,18H2,1H3. The molecule has 0 spiro atoms. The van der Waals surface area contributed by atoms with E-state index in [2.05, 4.69) is 0 Å². The average Bonchev–Trinajstić information content (AvgIpc) is 2.77. The van der Waals surface area contributed by atoms with Crippen molar-refractivity contribution >= 4 is 11.6 Å². The topological polar surface area (TPSA) is 35.2 Å². The smallest absolute Gasteiger partial charge is 0.369 e. The summed E-state index contributed by atoms with van der Waals surface area (Å²) in [6.07, 6.45) is -3.98. The second kappa shape index (κ2) is 5.31. The normalized spacial score (nSPS) is 25.6. The summed E-state index contributed by atoms with van der Waals surface area (Å²) in [5.41, 5.74) is 5.13. The molecule has 1 fully saturated rings. The lowest BCUT2D eigenvalue weighted by Gasteiger charge is -2.20. The Kier molecular flexibility index (Phi) is 4.08. The molecule has 1 aliphatic heterocycles. The van der Waals surface area contributed by atoms with Crippen molar-refractivity contribution in [3.63, 3.8) is 0 Å². The van der Waals surface area contributed by atoms with Crippen LogP contribution in [0.25, 0.3) is 0 Å². The number of nitrogens with two attached hydrogens (primary N) is 1. The van der Waals surface area contributed by atoms with E-state index in [1.165, 1.54) is 12.1 Å². The van der Waals surface area contributed by atoms with E-state index in [1.54, 1.807) is 6.92 Å². The number of halogens is 4. The molecule has 0 radical (unpaired) electrons. The predicted molar refractivity (Wildman–Crippen MR) is 67.0 cm³/mol. The van der Waals surface area contributed by atoms with E-state index in [-0.39, 0.29) is 22.7 Å². The highest BCUT2D eigenvalue weighted by Gasteiger charge is 2.38. The minimum absolute atomic E-state index is 0.0674. The van der Waals surface area contributed by atoms with Gasteiger partial charge in [-0.3, -0.25) is 0 Å². The van der Waals surface area contributed by atoms with E-state index in [0.29, 0.717) is 12.8 Å². The summed E-state index contributed by atoms with van der Waals surface area (Å²) >= 11 is 5.65. The van der Waals surface area contributed by atoms with Crippen LogP contribution >= 0.6 is 11.6 Å². The molecule has 1 aromatic carbocycles. The Balaban J connectivity index is 2.31. The first-order valence-corrected chi connectivity index (χ1v) is 6.44. The van der Waals surface area contributed by atoms with Crippen LogP contribution in [-0.4, -0.2) is 12.1 Å². The third-order valence-corrected chi connectivity index (χ3v) is 3.54. The van der Waals surface area contributed by atoms with Crippen LogP contribution in [-0.2, 0) is 10.9 Å². The first-order chi connectivity index (χ1) is 8.79. The lowest BCUT2D eigenvalue weighted by molar-refractivity contribution is -0.139. The Morgan fingerprint density at radius 1 is 1.37 bits per heavy atom. The van der Waals surface area contributed by atoms with Crippen LogP contribution in [0, 0.1) is 0 Å². The van der Waals surface area contributed by atoms with Crippen molar-refractivity contribution in [1.82, 2.24) is 0 Å². The summed E-state index contributed by atoms with van der Waals surface area (Å²) in [6.45, 7) is 1.79. The SMILES string of the molecule is CC(N)C1CCC(c2ccc(Cl)cc2C(F)(F)F)O1. The number of benzene rings is 1. The summed E-state index contributed by atoms with van der Waals surface area (Å²) in [4.78, 5) is 0. The van der Waals surface area contributed by atoms with Crippen molar-refractivity contribution in [2.75, 3.05) is 0 Å². The fraction of sp³-hybridized carbons (Fsp3) is 0.538. The third kappa shape index (κ3) is 3.22. The van der Waals surface area contributed by atoms with Gasteiger partial charge >= 0.3 is 6.18 Å². The monoisotopic (exact) mass is 293 g/mol. The summed E-state index contributed by atoms with van der Waals surface area (Å²) in [5, 5.41) is 0.0674. The van der Waals surface area contributed by atoms with Crippen LogP contribution in [0.3, 0.4) is 0 Å². The molecule has 3 unspecified atom stereocenters. The fourth-order valence-electron chi connectivity index (χ4n) is 2.33. The first kappa shape index (κ1) is 14.6. The Morgan fingerprint density at radius 2 is 2.05 bits per heavy atom. The Labute approximate surface area is 114 Å². The number of hydrogen-bond acceptors (Lipinski definition) is 2. The molecule has 1 aromatic rings. The maximum atomic E-state index is 13.0. The van der Waals surface area contributed by atoms with Crippen LogP contribution in [0.2, 0.25) is 5.02 Å². The van der Waals surface area contributed by atoms with Crippen molar-refractivity contribution in [2.24, 2.45) is 5.73 Å². The second-order valence-corrected chi connectivity index (χ2v) is 5.27. The molecule has 6 heteroatoms. The van der Waals surface area contributed by atoms with E-state index < -0.39 is 17.8 Å². The van der Waals surface area contributed by atoms with Crippen LogP contribution in [0.15, 0.2) is 18.2 Å². The maximum Gasteiger partial charge on any atom is 0.416 e. The molecule has 1 saturated heterocycles. The third-order valence-electron chi connectivity index (χ3n) is 3.31. The number of hydrogen-bond donors (Lipinski definition) is 1. The summed E-state index contributed by atoms with van der Waals surface area (Å²) < 4.78 is 44.6. The molecule has 2 N–H and O–H groups in total. The highest BCUT2D eigenvalue weighted by molar-refractivity contribution is 6.30. The number of ether oxygens (including phenoxy) is 1. The molecule has 2 rings (SSSR count). The van der Waals surface area contributed by atoms with Gasteiger partial charge in [0, 0.05) is 11.1 Å². The Morgan fingerprint density at radius 3 is 2.58 bits per heavy atom. The minimum Gasteiger partial charge on any atom is -0.369 e. The van der Waals surface area contributed by atoms with Crippen LogP contribution < -0.4 is 5.73 Å². The van der Waals surface area contributed by atoms with Gasteiger partial charge in [0.2, 0.25) is 0 Å². The zero-order valence-electron chi connectivity index (χ0n) is 10.4. The first-order valence-electron chi connectivity index (χ1n) is 6.06.